The number of rotatable bonds is 4. The highest BCUT2D eigenvalue weighted by Crippen LogP contribution is 2.28. The first-order chi connectivity index (χ1) is 9.11. The molecule has 0 saturated heterocycles. The molecule has 4 heteroatoms. The quantitative estimate of drug-likeness (QED) is 0.845. The van der Waals surface area contributed by atoms with E-state index in [-0.39, 0.29) is 5.02 Å². The van der Waals surface area contributed by atoms with Crippen molar-refractivity contribution in [2.24, 2.45) is 0 Å². The van der Waals surface area contributed by atoms with Crippen molar-refractivity contribution in [3.8, 4) is 11.1 Å². The lowest BCUT2D eigenvalue weighted by Crippen LogP contribution is -2.11. The van der Waals surface area contributed by atoms with E-state index in [0.29, 0.717) is 5.02 Å². The van der Waals surface area contributed by atoms with Gasteiger partial charge in [-0.3, -0.25) is 0 Å². The summed E-state index contributed by atoms with van der Waals surface area (Å²) in [6.45, 7) is 3.67. The van der Waals surface area contributed by atoms with Crippen molar-refractivity contribution < 1.29 is 4.39 Å². The minimum Gasteiger partial charge on any atom is -0.313 e. The van der Waals surface area contributed by atoms with Crippen LogP contribution in [0, 0.1) is 5.82 Å². The molecule has 0 saturated carbocycles. The second-order valence-electron chi connectivity index (χ2n) is 4.22. The van der Waals surface area contributed by atoms with Gasteiger partial charge < -0.3 is 5.32 Å². The molecular weight excluding hydrogens is 284 g/mol. The van der Waals surface area contributed by atoms with Gasteiger partial charge in [0.1, 0.15) is 5.82 Å². The third-order valence-electron chi connectivity index (χ3n) is 2.87. The van der Waals surface area contributed by atoms with Gasteiger partial charge in [0.25, 0.3) is 0 Å². The molecule has 0 aliphatic heterocycles. The van der Waals surface area contributed by atoms with E-state index in [2.05, 4.69) is 5.32 Å². The maximum absolute atomic E-state index is 13.1. The highest BCUT2D eigenvalue weighted by molar-refractivity contribution is 6.32. The van der Waals surface area contributed by atoms with Gasteiger partial charge in [-0.05, 0) is 41.4 Å². The lowest BCUT2D eigenvalue weighted by atomic mass is 10.0. The van der Waals surface area contributed by atoms with Crippen LogP contribution in [0.3, 0.4) is 0 Å². The highest BCUT2D eigenvalue weighted by Gasteiger charge is 2.06. The summed E-state index contributed by atoms with van der Waals surface area (Å²) in [5.74, 6) is -0.416. The van der Waals surface area contributed by atoms with Gasteiger partial charge in [-0.2, -0.15) is 0 Å². The normalized spacial score (nSPS) is 10.7. The van der Waals surface area contributed by atoms with Crippen molar-refractivity contribution in [1.29, 1.82) is 0 Å². The van der Waals surface area contributed by atoms with Gasteiger partial charge in [0.05, 0.1) is 5.02 Å². The van der Waals surface area contributed by atoms with Crippen LogP contribution >= 0.6 is 23.2 Å². The number of halogens is 3. The molecule has 0 fully saturated rings. The molecule has 0 aromatic heterocycles. The van der Waals surface area contributed by atoms with Crippen LogP contribution in [0.4, 0.5) is 4.39 Å². The first-order valence-electron chi connectivity index (χ1n) is 6.06. The van der Waals surface area contributed by atoms with Crippen LogP contribution in [-0.2, 0) is 6.54 Å². The second-order valence-corrected chi connectivity index (χ2v) is 5.03. The van der Waals surface area contributed by atoms with E-state index < -0.39 is 5.82 Å². The van der Waals surface area contributed by atoms with Gasteiger partial charge in [0.2, 0.25) is 0 Å². The third kappa shape index (κ3) is 3.47. The van der Waals surface area contributed by atoms with E-state index in [4.69, 9.17) is 23.2 Å². The van der Waals surface area contributed by atoms with Crippen molar-refractivity contribution in [3.63, 3.8) is 0 Å². The molecule has 0 unspecified atom stereocenters. The second kappa shape index (κ2) is 6.38. The van der Waals surface area contributed by atoms with Gasteiger partial charge in [0.15, 0.2) is 0 Å². The zero-order valence-corrected chi connectivity index (χ0v) is 12.0. The standard InChI is InChI=1S/C15H14Cl2FN/c1-2-19-9-12-4-3-10(7-13(12)16)11-5-6-15(18)14(17)8-11/h3-8,19H,2,9H2,1H3. The third-order valence-corrected chi connectivity index (χ3v) is 3.51. The van der Waals surface area contributed by atoms with Crippen molar-refractivity contribution >= 4 is 23.2 Å². The molecule has 1 N–H and O–H groups in total. The Kier molecular flexibility index (Phi) is 4.81. The molecule has 0 aliphatic rings. The lowest BCUT2D eigenvalue weighted by Gasteiger charge is -2.08. The molecule has 2 aromatic carbocycles. The Morgan fingerprint density at radius 1 is 1.00 bits per heavy atom. The molecule has 0 aliphatic carbocycles. The van der Waals surface area contributed by atoms with Gasteiger partial charge >= 0.3 is 0 Å². The lowest BCUT2D eigenvalue weighted by molar-refractivity contribution is 0.628. The van der Waals surface area contributed by atoms with Crippen molar-refractivity contribution in [2.75, 3.05) is 6.54 Å². The summed E-state index contributed by atoms with van der Waals surface area (Å²) >= 11 is 12.0. The summed E-state index contributed by atoms with van der Waals surface area (Å²) in [6, 6.07) is 10.5. The summed E-state index contributed by atoms with van der Waals surface area (Å²) in [5.41, 5.74) is 2.82. The molecule has 0 radical (unpaired) electrons. The molecular formula is C15H14Cl2FN. The van der Waals surface area contributed by atoms with E-state index in [1.807, 2.05) is 25.1 Å². The Hall–Kier alpha value is -1.09. The molecule has 19 heavy (non-hydrogen) atoms. The fourth-order valence-electron chi connectivity index (χ4n) is 1.81. The SMILES string of the molecule is CCNCc1ccc(-c2ccc(F)c(Cl)c2)cc1Cl. The molecule has 0 atom stereocenters. The van der Waals surface area contributed by atoms with E-state index in [0.717, 1.165) is 29.8 Å². The van der Waals surface area contributed by atoms with Crippen LogP contribution in [-0.4, -0.2) is 6.54 Å². The highest BCUT2D eigenvalue weighted by atomic mass is 35.5. The summed E-state index contributed by atoms with van der Waals surface area (Å²) in [5, 5.41) is 4.04. The average Bonchev–Trinajstić information content (AvgIpc) is 2.40. The predicted octanol–water partition coefficient (Wildman–Crippen LogP) is 4.91. The maximum Gasteiger partial charge on any atom is 0.141 e. The largest absolute Gasteiger partial charge is 0.313 e. The molecule has 0 spiro atoms. The van der Waals surface area contributed by atoms with Crippen LogP contribution in [0.2, 0.25) is 10.0 Å². The number of benzene rings is 2. The summed E-state index contributed by atoms with van der Waals surface area (Å²) < 4.78 is 13.1. The van der Waals surface area contributed by atoms with Gasteiger partial charge in [-0.1, -0.05) is 48.3 Å². The number of hydrogen-bond acceptors (Lipinski definition) is 1. The molecule has 0 heterocycles. The van der Waals surface area contributed by atoms with Gasteiger partial charge in [0, 0.05) is 11.6 Å². The fourth-order valence-corrected chi connectivity index (χ4v) is 2.23. The summed E-state index contributed by atoms with van der Waals surface area (Å²) in [7, 11) is 0. The zero-order chi connectivity index (χ0) is 13.8. The smallest absolute Gasteiger partial charge is 0.141 e. The Labute approximate surface area is 122 Å². The summed E-state index contributed by atoms with van der Waals surface area (Å²) in [4.78, 5) is 0. The van der Waals surface area contributed by atoms with Crippen LogP contribution in [0.25, 0.3) is 11.1 Å². The van der Waals surface area contributed by atoms with E-state index in [1.165, 1.54) is 6.07 Å². The Balaban J connectivity index is 2.30. The number of hydrogen-bond donors (Lipinski definition) is 1. The Morgan fingerprint density at radius 2 is 1.63 bits per heavy atom. The van der Waals surface area contributed by atoms with Crippen molar-refractivity contribution in [2.45, 2.75) is 13.5 Å². The van der Waals surface area contributed by atoms with E-state index in [9.17, 15) is 4.39 Å². The molecule has 0 bridgehead atoms. The maximum atomic E-state index is 13.1. The molecule has 2 rings (SSSR count). The monoisotopic (exact) mass is 297 g/mol. The Bertz CT molecular complexity index is 584. The van der Waals surface area contributed by atoms with Gasteiger partial charge in [-0.15, -0.1) is 0 Å². The summed E-state index contributed by atoms with van der Waals surface area (Å²) in [6.07, 6.45) is 0. The average molecular weight is 298 g/mol. The minimum atomic E-state index is -0.416. The van der Waals surface area contributed by atoms with E-state index in [1.54, 1.807) is 12.1 Å². The molecule has 1 nitrogen and oxygen atoms in total. The van der Waals surface area contributed by atoms with Crippen LogP contribution in [0.5, 0.6) is 0 Å². The minimum absolute atomic E-state index is 0.116. The van der Waals surface area contributed by atoms with Crippen molar-refractivity contribution in [3.05, 3.63) is 57.8 Å². The van der Waals surface area contributed by atoms with E-state index >= 15 is 0 Å². The molecule has 2 aromatic rings. The number of nitrogens with one attached hydrogen (secondary N) is 1. The molecule has 0 amide bonds. The first-order valence-corrected chi connectivity index (χ1v) is 6.82. The van der Waals surface area contributed by atoms with Crippen LogP contribution in [0.15, 0.2) is 36.4 Å². The first kappa shape index (κ1) is 14.3. The Morgan fingerprint density at radius 3 is 2.21 bits per heavy atom. The molecule has 100 valence electrons. The predicted molar refractivity (Wildman–Crippen MR) is 79.2 cm³/mol. The van der Waals surface area contributed by atoms with Gasteiger partial charge in [-0.25, -0.2) is 4.39 Å². The van der Waals surface area contributed by atoms with Crippen molar-refractivity contribution in [1.82, 2.24) is 5.32 Å². The van der Waals surface area contributed by atoms with Crippen LogP contribution < -0.4 is 5.32 Å². The topological polar surface area (TPSA) is 12.0 Å². The van der Waals surface area contributed by atoms with Crippen LogP contribution in [0.1, 0.15) is 12.5 Å². The fraction of sp³-hybridized carbons (Fsp3) is 0.200. The zero-order valence-electron chi connectivity index (χ0n) is 10.5.